The highest BCUT2D eigenvalue weighted by Crippen LogP contribution is 2.36. The minimum Gasteiger partial charge on any atom is -0.480 e. The van der Waals surface area contributed by atoms with Gasteiger partial charge >= 0.3 is 0 Å². The van der Waals surface area contributed by atoms with Gasteiger partial charge in [-0.1, -0.05) is 27.2 Å². The van der Waals surface area contributed by atoms with E-state index in [9.17, 15) is 0 Å². The van der Waals surface area contributed by atoms with Gasteiger partial charge in [0.2, 0.25) is 5.88 Å². The average Bonchev–Trinajstić information content (AvgIpc) is 2.39. The second-order valence-corrected chi connectivity index (χ2v) is 6.14. The van der Waals surface area contributed by atoms with Crippen LogP contribution in [0.15, 0.2) is 18.3 Å². The predicted octanol–water partition coefficient (Wildman–Crippen LogP) is 3.96. The number of hydrogen-bond acceptors (Lipinski definition) is 3. The van der Waals surface area contributed by atoms with Crippen LogP contribution >= 0.6 is 0 Å². The summed E-state index contributed by atoms with van der Waals surface area (Å²) in [6, 6.07) is 4.55. The number of nitrogens with one attached hydrogen (secondary N) is 1. The molecule has 1 aliphatic carbocycles. The summed E-state index contributed by atoms with van der Waals surface area (Å²) in [6.45, 7) is 7.01. The molecule has 0 bridgehead atoms. The summed E-state index contributed by atoms with van der Waals surface area (Å²) in [5.41, 5.74) is 1.02. The molecule has 1 heterocycles. The Balaban J connectivity index is 2.14. The molecule has 19 heavy (non-hydrogen) atoms. The first-order valence-corrected chi connectivity index (χ1v) is 7.37. The van der Waals surface area contributed by atoms with Gasteiger partial charge < -0.3 is 10.1 Å². The first-order chi connectivity index (χ1) is 9.11. The van der Waals surface area contributed by atoms with Crippen molar-refractivity contribution in [2.24, 2.45) is 17.8 Å². The first kappa shape index (κ1) is 14.2. The minimum atomic E-state index is 0.529. The lowest BCUT2D eigenvalue weighted by atomic mass is 9.74. The van der Waals surface area contributed by atoms with E-state index in [0.29, 0.717) is 17.8 Å². The fourth-order valence-corrected chi connectivity index (χ4v) is 3.23. The molecular weight excluding hydrogens is 236 g/mol. The maximum Gasteiger partial charge on any atom is 0.237 e. The van der Waals surface area contributed by atoms with Gasteiger partial charge in [-0.05, 0) is 42.7 Å². The second kappa shape index (κ2) is 6.27. The fraction of sp³-hybridized carbons (Fsp3) is 0.688. The van der Waals surface area contributed by atoms with Crippen molar-refractivity contribution in [3.8, 4) is 5.88 Å². The Morgan fingerprint density at radius 3 is 2.84 bits per heavy atom. The maximum atomic E-state index is 5.34. The largest absolute Gasteiger partial charge is 0.480 e. The molecule has 0 amide bonds. The number of methoxy groups -OCH3 is 1. The minimum absolute atomic E-state index is 0.529. The van der Waals surface area contributed by atoms with E-state index in [1.807, 2.05) is 6.07 Å². The number of nitrogens with zero attached hydrogens (tertiary/aromatic N) is 1. The lowest BCUT2D eigenvalue weighted by molar-refractivity contribution is 0.211. The van der Waals surface area contributed by atoms with E-state index < -0.39 is 0 Å². The van der Waals surface area contributed by atoms with E-state index in [-0.39, 0.29) is 0 Å². The molecule has 3 nitrogen and oxygen atoms in total. The molecule has 1 N–H and O–H groups in total. The van der Waals surface area contributed by atoms with Crippen molar-refractivity contribution in [2.75, 3.05) is 12.4 Å². The van der Waals surface area contributed by atoms with Crippen molar-refractivity contribution in [1.29, 1.82) is 0 Å². The Morgan fingerprint density at radius 2 is 2.16 bits per heavy atom. The second-order valence-electron chi connectivity index (χ2n) is 6.14. The van der Waals surface area contributed by atoms with Gasteiger partial charge in [-0.3, -0.25) is 0 Å². The molecule has 106 valence electrons. The number of pyridine rings is 1. The van der Waals surface area contributed by atoms with Gasteiger partial charge in [-0.2, -0.15) is 0 Å². The number of hydrogen-bond donors (Lipinski definition) is 1. The molecule has 0 spiro atoms. The van der Waals surface area contributed by atoms with Crippen LogP contribution in [0.2, 0.25) is 0 Å². The number of rotatable bonds is 4. The van der Waals surface area contributed by atoms with Gasteiger partial charge in [-0.15, -0.1) is 0 Å². The standard InChI is InChI=1S/C16H26N2O/c1-11(2)13-8-7-12(3)10-15(13)18-14-6-5-9-17-16(14)19-4/h5-6,9,11-13,15,18H,7-8,10H2,1-4H3. The Morgan fingerprint density at radius 1 is 1.37 bits per heavy atom. The van der Waals surface area contributed by atoms with Gasteiger partial charge in [0, 0.05) is 12.2 Å². The summed E-state index contributed by atoms with van der Waals surface area (Å²) in [7, 11) is 1.68. The molecule has 0 radical (unpaired) electrons. The molecule has 3 unspecified atom stereocenters. The highest BCUT2D eigenvalue weighted by Gasteiger charge is 2.31. The zero-order chi connectivity index (χ0) is 13.8. The third-order valence-electron chi connectivity index (χ3n) is 4.33. The quantitative estimate of drug-likeness (QED) is 0.891. The molecule has 1 saturated carbocycles. The predicted molar refractivity (Wildman–Crippen MR) is 79.5 cm³/mol. The van der Waals surface area contributed by atoms with Crippen molar-refractivity contribution in [1.82, 2.24) is 4.98 Å². The first-order valence-electron chi connectivity index (χ1n) is 7.37. The van der Waals surface area contributed by atoms with Crippen molar-refractivity contribution >= 4 is 5.69 Å². The molecule has 0 saturated heterocycles. The Labute approximate surface area is 116 Å². The molecule has 0 aromatic carbocycles. The van der Waals surface area contributed by atoms with E-state index in [2.05, 4.69) is 37.1 Å². The van der Waals surface area contributed by atoms with Crippen molar-refractivity contribution < 1.29 is 4.74 Å². The summed E-state index contributed by atoms with van der Waals surface area (Å²) in [6.07, 6.45) is 5.68. The topological polar surface area (TPSA) is 34.1 Å². The van der Waals surface area contributed by atoms with Crippen molar-refractivity contribution in [3.63, 3.8) is 0 Å². The highest BCUT2D eigenvalue weighted by atomic mass is 16.5. The Kier molecular flexibility index (Phi) is 4.67. The van der Waals surface area contributed by atoms with Crippen LogP contribution in [0, 0.1) is 17.8 Å². The lowest BCUT2D eigenvalue weighted by Gasteiger charge is -2.38. The maximum absolute atomic E-state index is 5.34. The molecule has 3 atom stereocenters. The molecule has 1 aromatic rings. The average molecular weight is 262 g/mol. The zero-order valence-corrected chi connectivity index (χ0v) is 12.5. The summed E-state index contributed by atoms with van der Waals surface area (Å²) in [4.78, 5) is 4.27. The lowest BCUT2D eigenvalue weighted by Crippen LogP contribution is -2.37. The molecule has 2 rings (SSSR count). The molecular formula is C16H26N2O. The van der Waals surface area contributed by atoms with Crippen LogP contribution in [0.5, 0.6) is 5.88 Å². The van der Waals surface area contributed by atoms with Crippen LogP contribution in [0.1, 0.15) is 40.0 Å². The van der Waals surface area contributed by atoms with Gasteiger partial charge in [0.25, 0.3) is 0 Å². The van der Waals surface area contributed by atoms with Gasteiger partial charge in [0.15, 0.2) is 0 Å². The van der Waals surface area contributed by atoms with Crippen LogP contribution < -0.4 is 10.1 Å². The molecule has 1 aromatic heterocycles. The van der Waals surface area contributed by atoms with Crippen LogP contribution in [-0.2, 0) is 0 Å². The highest BCUT2D eigenvalue weighted by molar-refractivity contribution is 5.52. The third kappa shape index (κ3) is 3.40. The molecule has 3 heteroatoms. The zero-order valence-electron chi connectivity index (χ0n) is 12.5. The normalized spacial score (nSPS) is 27.3. The number of aromatic nitrogens is 1. The van der Waals surface area contributed by atoms with Crippen LogP contribution in [-0.4, -0.2) is 18.1 Å². The van der Waals surface area contributed by atoms with Gasteiger partial charge in [0.1, 0.15) is 0 Å². The van der Waals surface area contributed by atoms with Gasteiger partial charge in [-0.25, -0.2) is 4.98 Å². The number of ether oxygens (including phenoxy) is 1. The monoisotopic (exact) mass is 262 g/mol. The van der Waals surface area contributed by atoms with E-state index in [0.717, 1.165) is 17.5 Å². The summed E-state index contributed by atoms with van der Waals surface area (Å²) >= 11 is 0. The summed E-state index contributed by atoms with van der Waals surface area (Å²) in [5.74, 6) is 2.95. The molecule has 1 fully saturated rings. The number of anilines is 1. The molecule has 0 aliphatic heterocycles. The SMILES string of the molecule is COc1ncccc1NC1CC(C)CCC1C(C)C. The van der Waals surface area contributed by atoms with Gasteiger partial charge in [0.05, 0.1) is 12.8 Å². The summed E-state index contributed by atoms with van der Waals surface area (Å²) < 4.78 is 5.34. The van der Waals surface area contributed by atoms with Crippen LogP contribution in [0.4, 0.5) is 5.69 Å². The van der Waals surface area contributed by atoms with E-state index in [1.165, 1.54) is 19.3 Å². The van der Waals surface area contributed by atoms with Crippen molar-refractivity contribution in [2.45, 2.75) is 46.1 Å². The third-order valence-corrected chi connectivity index (χ3v) is 4.33. The van der Waals surface area contributed by atoms with Crippen molar-refractivity contribution in [3.05, 3.63) is 18.3 Å². The Hall–Kier alpha value is -1.25. The van der Waals surface area contributed by atoms with E-state index in [1.54, 1.807) is 13.3 Å². The van der Waals surface area contributed by atoms with Crippen LogP contribution in [0.25, 0.3) is 0 Å². The van der Waals surface area contributed by atoms with E-state index in [4.69, 9.17) is 4.74 Å². The van der Waals surface area contributed by atoms with Crippen LogP contribution in [0.3, 0.4) is 0 Å². The fourth-order valence-electron chi connectivity index (χ4n) is 3.23. The molecule has 1 aliphatic rings. The smallest absolute Gasteiger partial charge is 0.237 e. The summed E-state index contributed by atoms with van der Waals surface area (Å²) in [5, 5.41) is 3.67. The van der Waals surface area contributed by atoms with E-state index >= 15 is 0 Å². The Bertz CT molecular complexity index is 405.